The third kappa shape index (κ3) is 2.60. The Morgan fingerprint density at radius 2 is 2.19 bits per heavy atom. The summed E-state index contributed by atoms with van der Waals surface area (Å²) in [6.45, 7) is 6.21. The summed E-state index contributed by atoms with van der Waals surface area (Å²) in [7, 11) is 0. The van der Waals surface area contributed by atoms with Crippen LogP contribution in [0.5, 0.6) is 0 Å². The van der Waals surface area contributed by atoms with E-state index >= 15 is 0 Å². The van der Waals surface area contributed by atoms with Crippen molar-refractivity contribution in [2.24, 2.45) is 9.98 Å². The Bertz CT molecular complexity index is 738. The van der Waals surface area contributed by atoms with Crippen LogP contribution in [0.3, 0.4) is 0 Å². The van der Waals surface area contributed by atoms with E-state index in [1.165, 1.54) is 6.08 Å². The van der Waals surface area contributed by atoms with Crippen molar-refractivity contribution in [3.8, 4) is 0 Å². The molecule has 2 aliphatic rings. The van der Waals surface area contributed by atoms with Crippen molar-refractivity contribution in [3.05, 3.63) is 72.0 Å². The molecular weight excluding hydrogens is 262 g/mol. The second-order valence-corrected chi connectivity index (χ2v) is 4.94. The van der Waals surface area contributed by atoms with Gasteiger partial charge in [0.1, 0.15) is 5.84 Å². The molecule has 104 valence electrons. The van der Waals surface area contributed by atoms with Crippen LogP contribution in [-0.2, 0) is 11.3 Å². The maximum Gasteiger partial charge on any atom is 0.271 e. The van der Waals surface area contributed by atoms with Crippen LogP contribution in [0, 0.1) is 0 Å². The number of fused-ring (bicyclic) bond motifs is 2. The lowest BCUT2D eigenvalue weighted by molar-refractivity contribution is -0.113. The number of allylic oxidation sites excluding steroid dienone is 2. The molecule has 2 aliphatic heterocycles. The first-order valence-electron chi connectivity index (χ1n) is 6.72. The van der Waals surface area contributed by atoms with E-state index < -0.39 is 0 Å². The summed E-state index contributed by atoms with van der Waals surface area (Å²) >= 11 is 0. The molecule has 0 radical (unpaired) electrons. The lowest BCUT2D eigenvalue weighted by atomic mass is 10.1. The Kier molecular flexibility index (Phi) is 3.36. The van der Waals surface area contributed by atoms with E-state index in [1.54, 1.807) is 0 Å². The molecule has 1 aromatic carbocycles. The number of rotatable bonds is 1. The highest BCUT2D eigenvalue weighted by Gasteiger charge is 2.20. The van der Waals surface area contributed by atoms with E-state index in [4.69, 9.17) is 0 Å². The molecule has 0 saturated heterocycles. The fourth-order valence-electron chi connectivity index (χ4n) is 2.35. The molecule has 2 heterocycles. The van der Waals surface area contributed by atoms with Gasteiger partial charge in [-0.1, -0.05) is 36.9 Å². The average molecular weight is 277 g/mol. The van der Waals surface area contributed by atoms with Crippen LogP contribution < -0.4 is 0 Å². The zero-order chi connectivity index (χ0) is 14.8. The molecule has 1 aromatic rings. The number of benzene rings is 1. The van der Waals surface area contributed by atoms with Gasteiger partial charge in [-0.15, -0.1) is 0 Å². The molecule has 1 amide bonds. The molecule has 0 atom stereocenters. The van der Waals surface area contributed by atoms with E-state index in [9.17, 15) is 4.79 Å². The minimum atomic E-state index is -0.385. The topological polar surface area (TPSA) is 45.0 Å². The first kappa shape index (κ1) is 13.2. The van der Waals surface area contributed by atoms with Gasteiger partial charge in [0.2, 0.25) is 0 Å². The summed E-state index contributed by atoms with van der Waals surface area (Å²) in [5.41, 5.74) is 3.13. The van der Waals surface area contributed by atoms with Crippen molar-refractivity contribution in [2.45, 2.75) is 13.5 Å². The maximum absolute atomic E-state index is 11.6. The van der Waals surface area contributed by atoms with E-state index in [2.05, 4.69) is 21.5 Å². The first-order valence-corrected chi connectivity index (χ1v) is 6.72. The van der Waals surface area contributed by atoms with Gasteiger partial charge in [-0.3, -0.25) is 4.79 Å². The predicted molar refractivity (Wildman–Crippen MR) is 84.1 cm³/mol. The van der Waals surface area contributed by atoms with Gasteiger partial charge in [0.15, 0.2) is 5.84 Å². The molecule has 0 fully saturated rings. The van der Waals surface area contributed by atoms with Crippen LogP contribution in [0.15, 0.2) is 70.8 Å². The van der Waals surface area contributed by atoms with Gasteiger partial charge in [-0.05, 0) is 30.2 Å². The Labute approximate surface area is 123 Å². The second kappa shape index (κ2) is 5.32. The van der Waals surface area contributed by atoms with Crippen molar-refractivity contribution >= 4 is 17.6 Å². The Hall–Kier alpha value is -2.75. The Balaban J connectivity index is 2.16. The number of amidine groups is 2. The zero-order valence-corrected chi connectivity index (χ0v) is 11.8. The van der Waals surface area contributed by atoms with Crippen molar-refractivity contribution in [1.82, 2.24) is 4.90 Å². The third-order valence-corrected chi connectivity index (χ3v) is 3.36. The highest BCUT2D eigenvalue weighted by molar-refractivity contribution is 6.15. The van der Waals surface area contributed by atoms with Gasteiger partial charge in [0.25, 0.3) is 5.91 Å². The largest absolute Gasteiger partial charge is 0.328 e. The van der Waals surface area contributed by atoms with E-state index in [0.29, 0.717) is 12.4 Å². The quantitative estimate of drug-likeness (QED) is 0.741. The standard InChI is InChI=1S/C17H15N3O/c1-3-16(21)19-17-14-7-5-4-6-13(14)11-20-10-12(2)8-9-15(20)18-17/h3-10H,1,11H2,2H3. The molecule has 4 heteroatoms. The number of hydrogen-bond donors (Lipinski definition) is 0. The Morgan fingerprint density at radius 3 is 3.00 bits per heavy atom. The number of aliphatic imine (C=N–C) groups is 2. The summed E-state index contributed by atoms with van der Waals surface area (Å²) in [4.78, 5) is 22.3. The SMILES string of the molecule is C=CC(=O)N=C1N=C2C=CC(C)=CN2Cc2ccccc21. The van der Waals surface area contributed by atoms with Crippen molar-refractivity contribution in [2.75, 3.05) is 0 Å². The van der Waals surface area contributed by atoms with Crippen LogP contribution in [-0.4, -0.2) is 22.5 Å². The molecule has 0 N–H and O–H groups in total. The molecular formula is C17H15N3O. The van der Waals surface area contributed by atoms with Crippen LogP contribution in [0.4, 0.5) is 0 Å². The van der Waals surface area contributed by atoms with Crippen molar-refractivity contribution in [3.63, 3.8) is 0 Å². The molecule has 0 aromatic heterocycles. The van der Waals surface area contributed by atoms with E-state index in [-0.39, 0.29) is 5.91 Å². The van der Waals surface area contributed by atoms with Crippen LogP contribution in [0.25, 0.3) is 0 Å². The third-order valence-electron chi connectivity index (χ3n) is 3.36. The number of amides is 1. The molecule has 4 nitrogen and oxygen atoms in total. The molecule has 0 bridgehead atoms. The number of hydrogen-bond acceptors (Lipinski definition) is 2. The summed E-state index contributed by atoms with van der Waals surface area (Å²) in [5.74, 6) is 0.835. The lowest BCUT2D eigenvalue weighted by Crippen LogP contribution is -2.25. The van der Waals surface area contributed by atoms with E-state index in [0.717, 1.165) is 22.5 Å². The number of carbonyl (C=O) groups excluding carboxylic acids is 1. The average Bonchev–Trinajstić information content (AvgIpc) is 2.63. The van der Waals surface area contributed by atoms with Gasteiger partial charge in [-0.25, -0.2) is 4.99 Å². The fraction of sp³-hybridized carbons (Fsp3) is 0.118. The molecule has 3 rings (SSSR count). The highest BCUT2D eigenvalue weighted by atomic mass is 16.1. The molecule has 0 saturated carbocycles. The summed E-state index contributed by atoms with van der Waals surface area (Å²) in [6, 6.07) is 7.87. The van der Waals surface area contributed by atoms with Crippen LogP contribution >= 0.6 is 0 Å². The Morgan fingerprint density at radius 1 is 1.38 bits per heavy atom. The van der Waals surface area contributed by atoms with Gasteiger partial charge >= 0.3 is 0 Å². The molecule has 0 aliphatic carbocycles. The maximum atomic E-state index is 11.6. The van der Waals surface area contributed by atoms with Gasteiger partial charge < -0.3 is 4.90 Å². The number of carbonyl (C=O) groups is 1. The fourth-order valence-corrected chi connectivity index (χ4v) is 2.35. The van der Waals surface area contributed by atoms with Crippen molar-refractivity contribution in [1.29, 1.82) is 0 Å². The first-order chi connectivity index (χ1) is 10.2. The van der Waals surface area contributed by atoms with Crippen LogP contribution in [0.2, 0.25) is 0 Å². The lowest BCUT2D eigenvalue weighted by Gasteiger charge is -2.22. The normalized spacial score (nSPS) is 18.3. The van der Waals surface area contributed by atoms with E-state index in [1.807, 2.05) is 49.5 Å². The molecule has 21 heavy (non-hydrogen) atoms. The van der Waals surface area contributed by atoms with Gasteiger partial charge in [-0.2, -0.15) is 4.99 Å². The van der Waals surface area contributed by atoms with Crippen molar-refractivity contribution < 1.29 is 4.79 Å². The van der Waals surface area contributed by atoms with Crippen LogP contribution in [0.1, 0.15) is 18.1 Å². The molecule has 0 spiro atoms. The summed E-state index contributed by atoms with van der Waals surface area (Å²) in [6.07, 6.45) is 7.18. The highest BCUT2D eigenvalue weighted by Crippen LogP contribution is 2.21. The smallest absolute Gasteiger partial charge is 0.271 e. The minimum Gasteiger partial charge on any atom is -0.328 e. The van der Waals surface area contributed by atoms with Gasteiger partial charge in [0.05, 0.1) is 0 Å². The molecule has 0 unspecified atom stereocenters. The zero-order valence-electron chi connectivity index (χ0n) is 11.8. The second-order valence-electron chi connectivity index (χ2n) is 4.94. The predicted octanol–water partition coefficient (Wildman–Crippen LogP) is 2.83. The monoisotopic (exact) mass is 277 g/mol. The van der Waals surface area contributed by atoms with Gasteiger partial charge in [0, 0.05) is 18.3 Å². The summed E-state index contributed by atoms with van der Waals surface area (Å²) < 4.78 is 0. The summed E-state index contributed by atoms with van der Waals surface area (Å²) in [5, 5.41) is 0. The minimum absolute atomic E-state index is 0.385. The number of nitrogens with zero attached hydrogens (tertiary/aromatic N) is 3.